The first-order valence-corrected chi connectivity index (χ1v) is 9.86. The molecule has 1 aliphatic rings. The van der Waals surface area contributed by atoms with Gasteiger partial charge >= 0.3 is 0 Å². The van der Waals surface area contributed by atoms with Gasteiger partial charge in [0, 0.05) is 33.2 Å². The van der Waals surface area contributed by atoms with Gasteiger partial charge in [0.2, 0.25) is 0 Å². The van der Waals surface area contributed by atoms with Crippen molar-refractivity contribution in [2.45, 2.75) is 19.4 Å². The lowest BCUT2D eigenvalue weighted by Gasteiger charge is -2.29. The number of hydrogen-bond acceptors (Lipinski definition) is 3. The van der Waals surface area contributed by atoms with Crippen LogP contribution in [0.3, 0.4) is 0 Å². The molecule has 0 atom stereocenters. The number of hydrogen-bond donors (Lipinski definition) is 2. The van der Waals surface area contributed by atoms with Crippen LogP contribution in [0.1, 0.15) is 17.5 Å². The summed E-state index contributed by atoms with van der Waals surface area (Å²) in [5.41, 5.74) is 2.88. The number of rotatable bonds is 7. The van der Waals surface area contributed by atoms with Gasteiger partial charge < -0.3 is 20.3 Å². The zero-order chi connectivity index (χ0) is 19.6. The van der Waals surface area contributed by atoms with Gasteiger partial charge in [0.25, 0.3) is 0 Å². The molecule has 1 saturated heterocycles. The highest BCUT2D eigenvalue weighted by Gasteiger charge is 2.15. The highest BCUT2D eigenvalue weighted by molar-refractivity contribution is 14.0. The first-order chi connectivity index (χ1) is 13.8. The highest BCUT2D eigenvalue weighted by Crippen LogP contribution is 2.21. The quantitative estimate of drug-likeness (QED) is 0.258. The lowest BCUT2D eigenvalue weighted by atomic mass is 10.1. The number of nitrogens with zero attached hydrogens (tertiary/aromatic N) is 2. The molecule has 2 aromatic carbocycles. The van der Waals surface area contributed by atoms with Crippen LogP contribution in [-0.4, -0.2) is 45.9 Å². The Morgan fingerprint density at radius 2 is 1.83 bits per heavy atom. The van der Waals surface area contributed by atoms with Crippen LogP contribution >= 0.6 is 24.0 Å². The van der Waals surface area contributed by atoms with E-state index in [4.69, 9.17) is 4.74 Å². The average molecular weight is 512 g/mol. The molecule has 2 aromatic rings. The second kappa shape index (κ2) is 12.6. The van der Waals surface area contributed by atoms with Gasteiger partial charge in [0.15, 0.2) is 5.96 Å². The number of ether oxygens (including phenoxy) is 1. The summed E-state index contributed by atoms with van der Waals surface area (Å²) in [7, 11) is 1.74. The summed E-state index contributed by atoms with van der Waals surface area (Å²) in [6.07, 6.45) is 2.05. The first kappa shape index (κ1) is 23.4. The molecule has 0 saturated carbocycles. The summed E-state index contributed by atoms with van der Waals surface area (Å²) in [4.78, 5) is 6.27. The molecule has 0 aliphatic carbocycles. The summed E-state index contributed by atoms with van der Waals surface area (Å²) in [5.74, 6) is 0.540. The molecule has 7 heteroatoms. The number of aliphatic imine (C=N–C) groups is 1. The summed E-state index contributed by atoms with van der Waals surface area (Å²) >= 11 is 0. The van der Waals surface area contributed by atoms with Crippen molar-refractivity contribution in [2.75, 3.05) is 44.8 Å². The van der Waals surface area contributed by atoms with Crippen molar-refractivity contribution in [1.82, 2.24) is 10.6 Å². The lowest BCUT2D eigenvalue weighted by Crippen LogP contribution is -2.37. The van der Waals surface area contributed by atoms with Crippen LogP contribution in [0, 0.1) is 5.82 Å². The number of morpholine rings is 1. The Morgan fingerprint density at radius 1 is 1.07 bits per heavy atom. The fourth-order valence-corrected chi connectivity index (χ4v) is 3.27. The molecule has 1 fully saturated rings. The van der Waals surface area contributed by atoms with E-state index in [1.165, 1.54) is 5.56 Å². The second-order valence-corrected chi connectivity index (χ2v) is 6.83. The van der Waals surface area contributed by atoms with Crippen molar-refractivity contribution >= 4 is 35.6 Å². The minimum Gasteiger partial charge on any atom is -0.378 e. The number of benzene rings is 2. The van der Waals surface area contributed by atoms with Crippen molar-refractivity contribution in [3.8, 4) is 0 Å². The van der Waals surface area contributed by atoms with Crippen molar-refractivity contribution in [1.29, 1.82) is 0 Å². The first-order valence-electron chi connectivity index (χ1n) is 9.86. The van der Waals surface area contributed by atoms with Gasteiger partial charge in [0.1, 0.15) is 5.82 Å². The fraction of sp³-hybridized carbons (Fsp3) is 0.409. The van der Waals surface area contributed by atoms with Crippen LogP contribution in [0.25, 0.3) is 0 Å². The van der Waals surface area contributed by atoms with Crippen LogP contribution in [0.2, 0.25) is 0 Å². The molecule has 0 radical (unpaired) electrons. The van der Waals surface area contributed by atoms with Gasteiger partial charge in [0.05, 0.1) is 18.9 Å². The van der Waals surface area contributed by atoms with Gasteiger partial charge in [-0.2, -0.15) is 0 Å². The van der Waals surface area contributed by atoms with Gasteiger partial charge in [-0.1, -0.05) is 36.4 Å². The summed E-state index contributed by atoms with van der Waals surface area (Å²) in [5, 5.41) is 6.56. The number of aryl methyl sites for hydroxylation is 1. The van der Waals surface area contributed by atoms with Crippen molar-refractivity contribution in [3.05, 3.63) is 65.5 Å². The minimum atomic E-state index is -0.188. The third-order valence-corrected chi connectivity index (χ3v) is 4.82. The molecule has 0 bridgehead atoms. The number of guanidine groups is 1. The molecule has 2 N–H and O–H groups in total. The fourth-order valence-electron chi connectivity index (χ4n) is 3.27. The molecule has 1 aliphatic heterocycles. The van der Waals surface area contributed by atoms with Gasteiger partial charge in [-0.05, 0) is 36.1 Å². The standard InChI is InChI=1S/C22H29FN4O.HI/c1-24-22(25-11-5-8-18-6-3-2-4-7-18)26-17-19-9-10-21(20(23)16-19)27-12-14-28-15-13-27;/h2-4,6-7,9-10,16H,5,8,11-15,17H2,1H3,(H2,24,25,26);1H. The Bertz CT molecular complexity index is 767. The van der Waals surface area contributed by atoms with Crippen molar-refractivity contribution in [2.24, 2.45) is 4.99 Å². The summed E-state index contributed by atoms with van der Waals surface area (Å²) < 4.78 is 19.8. The van der Waals surface area contributed by atoms with Gasteiger partial charge in [-0.15, -0.1) is 24.0 Å². The molecule has 0 amide bonds. The maximum atomic E-state index is 14.5. The normalized spacial score (nSPS) is 14.3. The molecule has 1 heterocycles. The van der Waals surface area contributed by atoms with E-state index < -0.39 is 0 Å². The summed E-state index contributed by atoms with van der Waals surface area (Å²) in [6.45, 7) is 4.11. The van der Waals surface area contributed by atoms with Gasteiger partial charge in [-0.25, -0.2) is 4.39 Å². The Hall–Kier alpha value is -1.87. The maximum absolute atomic E-state index is 14.5. The average Bonchev–Trinajstić information content (AvgIpc) is 2.74. The van der Waals surface area contributed by atoms with E-state index in [1.807, 2.05) is 23.1 Å². The van der Waals surface area contributed by atoms with Gasteiger partial charge in [-0.3, -0.25) is 4.99 Å². The van der Waals surface area contributed by atoms with Crippen LogP contribution in [0.15, 0.2) is 53.5 Å². The predicted molar refractivity (Wildman–Crippen MR) is 128 cm³/mol. The molecule has 158 valence electrons. The van der Waals surface area contributed by atoms with E-state index in [9.17, 15) is 4.39 Å². The molecule has 0 aromatic heterocycles. The third kappa shape index (κ3) is 7.47. The minimum absolute atomic E-state index is 0. The van der Waals surface area contributed by atoms with E-state index in [0.717, 1.165) is 44.0 Å². The Kier molecular flexibility index (Phi) is 10.2. The van der Waals surface area contributed by atoms with Crippen LogP contribution in [0.4, 0.5) is 10.1 Å². The molecule has 29 heavy (non-hydrogen) atoms. The molecule has 5 nitrogen and oxygen atoms in total. The molecule has 3 rings (SSSR count). The Balaban J connectivity index is 0.00000300. The highest BCUT2D eigenvalue weighted by atomic mass is 127. The zero-order valence-corrected chi connectivity index (χ0v) is 19.2. The smallest absolute Gasteiger partial charge is 0.191 e. The van der Waals surface area contributed by atoms with Crippen molar-refractivity contribution in [3.63, 3.8) is 0 Å². The van der Waals surface area contributed by atoms with Crippen molar-refractivity contribution < 1.29 is 9.13 Å². The molecular weight excluding hydrogens is 482 g/mol. The number of anilines is 1. The van der Waals surface area contributed by atoms with Crippen LogP contribution in [0.5, 0.6) is 0 Å². The third-order valence-electron chi connectivity index (χ3n) is 4.82. The molecule has 0 unspecified atom stereocenters. The van der Waals surface area contributed by atoms with E-state index in [1.54, 1.807) is 13.1 Å². The Labute approximate surface area is 189 Å². The summed E-state index contributed by atoms with van der Waals surface area (Å²) in [6, 6.07) is 15.9. The molecule has 0 spiro atoms. The number of halogens is 2. The Morgan fingerprint density at radius 3 is 2.52 bits per heavy atom. The van der Waals surface area contributed by atoms with E-state index >= 15 is 0 Å². The predicted octanol–water partition coefficient (Wildman–Crippen LogP) is 3.58. The van der Waals surface area contributed by atoms with E-state index in [-0.39, 0.29) is 29.8 Å². The topological polar surface area (TPSA) is 48.9 Å². The lowest BCUT2D eigenvalue weighted by molar-refractivity contribution is 0.122. The largest absolute Gasteiger partial charge is 0.378 e. The zero-order valence-electron chi connectivity index (χ0n) is 16.9. The molecular formula is C22H30FIN4O. The van der Waals surface area contributed by atoms with Crippen LogP contribution < -0.4 is 15.5 Å². The maximum Gasteiger partial charge on any atom is 0.191 e. The second-order valence-electron chi connectivity index (χ2n) is 6.83. The van der Waals surface area contributed by atoms with E-state index in [0.29, 0.717) is 25.4 Å². The monoisotopic (exact) mass is 512 g/mol. The van der Waals surface area contributed by atoms with Crippen LogP contribution in [-0.2, 0) is 17.7 Å². The number of nitrogens with one attached hydrogen (secondary N) is 2. The van der Waals surface area contributed by atoms with E-state index in [2.05, 4.69) is 39.9 Å². The SMILES string of the molecule is CN=C(NCCCc1ccccc1)NCc1ccc(N2CCOCC2)c(F)c1.I.